The monoisotopic (exact) mass is 395 g/mol. The molecule has 28 heavy (non-hydrogen) atoms. The summed E-state index contributed by atoms with van der Waals surface area (Å²) in [6, 6.07) is 6.87. The van der Waals surface area contributed by atoms with Crippen LogP contribution in [-0.2, 0) is 0 Å². The smallest absolute Gasteiger partial charge is 0.274 e. The van der Waals surface area contributed by atoms with Gasteiger partial charge < -0.3 is 15.5 Å². The fourth-order valence-electron chi connectivity index (χ4n) is 2.65. The van der Waals surface area contributed by atoms with Crippen LogP contribution in [0, 0.1) is 25.2 Å². The maximum Gasteiger partial charge on any atom is 0.274 e. The topological polar surface area (TPSA) is 143 Å². The zero-order chi connectivity index (χ0) is 20.4. The van der Waals surface area contributed by atoms with Crippen molar-refractivity contribution in [2.45, 2.75) is 13.8 Å². The summed E-state index contributed by atoms with van der Waals surface area (Å²) < 4.78 is 5.19. The number of nitriles is 1. The first-order chi connectivity index (χ1) is 13.3. The molecule has 1 aromatic carbocycles. The number of rotatable bonds is 4. The molecule has 1 amide bonds. The van der Waals surface area contributed by atoms with Gasteiger partial charge in [-0.25, -0.2) is 9.97 Å². The number of nitrogen functional groups attached to an aromatic ring is 1. The van der Waals surface area contributed by atoms with E-state index in [1.165, 1.54) is 12.6 Å². The summed E-state index contributed by atoms with van der Waals surface area (Å²) in [5, 5.41) is 18.0. The summed E-state index contributed by atoms with van der Waals surface area (Å²) in [5.74, 6) is -0.108. The molecule has 2 aromatic heterocycles. The number of oxazole rings is 1. The molecule has 9 heteroatoms. The number of nitrogens with one attached hydrogen (secondary N) is 1. The number of aromatic nitrogens is 2. The first-order valence-corrected chi connectivity index (χ1v) is 8.50. The maximum atomic E-state index is 12.7. The van der Waals surface area contributed by atoms with E-state index in [-0.39, 0.29) is 22.1 Å². The highest BCUT2D eigenvalue weighted by Crippen LogP contribution is 2.24. The zero-order valence-electron chi connectivity index (χ0n) is 15.1. The normalized spacial score (nSPS) is 10.4. The van der Waals surface area contributed by atoms with Crippen LogP contribution in [0.5, 0.6) is 0 Å². The predicted molar refractivity (Wildman–Crippen MR) is 104 cm³/mol. The summed E-state index contributed by atoms with van der Waals surface area (Å²) in [5.41, 5.74) is 9.21. The minimum absolute atomic E-state index is 0.0170. The zero-order valence-corrected chi connectivity index (χ0v) is 15.8. The average molecular weight is 396 g/mol. The van der Waals surface area contributed by atoms with Gasteiger partial charge in [-0.15, -0.1) is 0 Å². The molecular formula is C19H16ClN6O2+. The number of carbonyl (C=O) groups is 1. The molecule has 0 spiro atoms. The Bertz CT molecular complexity index is 1130. The van der Waals surface area contributed by atoms with Crippen molar-refractivity contribution in [2.24, 2.45) is 0 Å². The van der Waals surface area contributed by atoms with E-state index in [1.807, 2.05) is 6.07 Å². The van der Waals surface area contributed by atoms with E-state index in [0.29, 0.717) is 33.8 Å². The van der Waals surface area contributed by atoms with E-state index in [1.54, 1.807) is 32.0 Å². The van der Waals surface area contributed by atoms with Gasteiger partial charge in [0.05, 0.1) is 17.3 Å². The van der Waals surface area contributed by atoms with Crippen molar-refractivity contribution >= 4 is 34.6 Å². The van der Waals surface area contributed by atoms with Crippen molar-refractivity contribution in [3.63, 3.8) is 0 Å². The number of pyridine rings is 1. The highest BCUT2D eigenvalue weighted by Gasteiger charge is 2.21. The van der Waals surface area contributed by atoms with Crippen molar-refractivity contribution < 1.29 is 14.6 Å². The molecule has 140 valence electrons. The first-order valence-electron chi connectivity index (χ1n) is 8.12. The molecule has 0 saturated carbocycles. The molecule has 0 aliphatic heterocycles. The van der Waals surface area contributed by atoms with Crippen molar-refractivity contribution in [1.82, 2.24) is 9.97 Å². The second-order valence-corrected chi connectivity index (χ2v) is 6.38. The van der Waals surface area contributed by atoms with Gasteiger partial charge in [-0.05, 0) is 43.2 Å². The van der Waals surface area contributed by atoms with Crippen molar-refractivity contribution in [1.29, 1.82) is 5.26 Å². The van der Waals surface area contributed by atoms with Crippen LogP contribution < -0.4 is 16.5 Å². The van der Waals surface area contributed by atoms with Gasteiger partial charge >= 0.3 is 0 Å². The molecule has 0 aliphatic carbocycles. The van der Waals surface area contributed by atoms with Gasteiger partial charge in [-0.3, -0.25) is 10.2 Å². The van der Waals surface area contributed by atoms with E-state index in [2.05, 4.69) is 15.3 Å². The highest BCUT2D eigenvalue weighted by atomic mass is 35.5. The van der Waals surface area contributed by atoms with Crippen LogP contribution in [0.1, 0.15) is 38.5 Å². The Morgan fingerprint density at radius 2 is 2.11 bits per heavy atom. The van der Waals surface area contributed by atoms with Crippen LogP contribution in [0.15, 0.2) is 35.2 Å². The largest absolute Gasteiger partial charge is 0.437 e. The van der Waals surface area contributed by atoms with Crippen LogP contribution in [0.3, 0.4) is 0 Å². The lowest BCUT2D eigenvalue weighted by molar-refractivity contribution is -0.112. The molecule has 5 N–H and O–H groups in total. The average Bonchev–Trinajstić information content (AvgIpc) is 3.20. The van der Waals surface area contributed by atoms with E-state index >= 15 is 0 Å². The van der Waals surface area contributed by atoms with Gasteiger partial charge in [-0.2, -0.15) is 5.26 Å². The van der Waals surface area contributed by atoms with Crippen LogP contribution >= 0.6 is 11.6 Å². The molecule has 0 fully saturated rings. The molecule has 0 aliphatic rings. The lowest BCUT2D eigenvalue weighted by Gasteiger charge is -2.12. The molecule has 0 bridgehead atoms. The predicted octanol–water partition coefficient (Wildman–Crippen LogP) is 1.64. The number of hydrogen-bond acceptors (Lipinski definition) is 6. The lowest BCUT2D eigenvalue weighted by atomic mass is 10.0. The standard InChI is InChI=1S/C19H15ClN6O2/c1-9-10(2)17(26-18(20)13(9)6-21)19(27)25-11-3-4-14(22)12(5-11)16(23)15-7-24-8-28-15/h3-5,7-8,23H,22H2,1-2H3,(H,25,27)/p+1. The third kappa shape index (κ3) is 3.43. The Labute approximate surface area is 165 Å². The maximum absolute atomic E-state index is 12.7. The second-order valence-electron chi connectivity index (χ2n) is 6.02. The van der Waals surface area contributed by atoms with E-state index in [0.717, 1.165) is 0 Å². The van der Waals surface area contributed by atoms with Crippen LogP contribution in [-0.4, -0.2) is 21.6 Å². The third-order valence-corrected chi connectivity index (χ3v) is 4.61. The Hall–Kier alpha value is -3.70. The molecule has 0 saturated heterocycles. The summed E-state index contributed by atoms with van der Waals surface area (Å²) in [4.78, 5) is 20.6. The highest BCUT2D eigenvalue weighted by molar-refractivity contribution is 6.31. The third-order valence-electron chi connectivity index (χ3n) is 4.33. The quantitative estimate of drug-likeness (QED) is 0.348. The number of hydrogen-bond donors (Lipinski definition) is 3. The SMILES string of the molecule is Cc1c(C(=O)Nc2ccc(N)c(C(=[NH2+])c3cnco3)c2)nc(Cl)c(C#N)c1C. The summed E-state index contributed by atoms with van der Waals surface area (Å²) >= 11 is 6.03. The van der Waals surface area contributed by atoms with Gasteiger partial charge in [0.2, 0.25) is 5.76 Å². The van der Waals surface area contributed by atoms with Crippen molar-refractivity contribution in [3.05, 3.63) is 69.7 Å². The minimum atomic E-state index is -0.471. The molecule has 2 heterocycles. The number of benzene rings is 1. The molecule has 0 unspecified atom stereocenters. The summed E-state index contributed by atoms with van der Waals surface area (Å²) in [6.07, 6.45) is 2.73. The Kier molecular flexibility index (Phi) is 5.11. The van der Waals surface area contributed by atoms with Crippen LogP contribution in [0.2, 0.25) is 5.15 Å². The van der Waals surface area contributed by atoms with E-state index in [9.17, 15) is 4.79 Å². The molecule has 3 rings (SSSR count). The fraction of sp³-hybridized carbons (Fsp3) is 0.105. The Morgan fingerprint density at radius 1 is 1.36 bits per heavy atom. The minimum Gasteiger partial charge on any atom is -0.437 e. The molecule has 0 radical (unpaired) electrons. The number of nitrogens with zero attached hydrogens (tertiary/aromatic N) is 3. The summed E-state index contributed by atoms with van der Waals surface area (Å²) in [7, 11) is 0. The van der Waals surface area contributed by atoms with Crippen LogP contribution in [0.25, 0.3) is 0 Å². The van der Waals surface area contributed by atoms with Gasteiger partial charge in [0, 0.05) is 11.4 Å². The molecule has 0 atom stereocenters. The van der Waals surface area contributed by atoms with Gasteiger partial charge in [0.1, 0.15) is 16.9 Å². The number of anilines is 2. The van der Waals surface area contributed by atoms with E-state index < -0.39 is 5.91 Å². The van der Waals surface area contributed by atoms with Crippen molar-refractivity contribution in [2.75, 3.05) is 11.1 Å². The van der Waals surface area contributed by atoms with Gasteiger partial charge in [0.15, 0.2) is 6.39 Å². The van der Waals surface area contributed by atoms with Gasteiger partial charge in [0.25, 0.3) is 11.6 Å². The first kappa shape index (κ1) is 19.1. The van der Waals surface area contributed by atoms with Gasteiger partial charge in [-0.1, -0.05) is 11.6 Å². The lowest BCUT2D eigenvalue weighted by Crippen LogP contribution is -2.41. The molecule has 3 aromatic rings. The Morgan fingerprint density at radius 3 is 2.75 bits per heavy atom. The fourth-order valence-corrected chi connectivity index (χ4v) is 2.92. The number of halogens is 1. The van der Waals surface area contributed by atoms with Crippen molar-refractivity contribution in [3.8, 4) is 6.07 Å². The summed E-state index contributed by atoms with van der Waals surface area (Å²) in [6.45, 7) is 3.42. The second kappa shape index (κ2) is 7.50. The number of nitrogens with two attached hydrogens (primary N) is 2. The number of carbonyl (C=O) groups excluding carboxylic acids is 1. The Balaban J connectivity index is 1.93. The molecule has 8 nitrogen and oxygen atoms in total. The number of amides is 1. The van der Waals surface area contributed by atoms with Crippen LogP contribution in [0.4, 0.5) is 11.4 Å². The molecular weight excluding hydrogens is 380 g/mol. The van der Waals surface area contributed by atoms with E-state index in [4.69, 9.17) is 32.4 Å².